The molecule has 3 fully saturated rings. The molecule has 0 aliphatic carbocycles. The summed E-state index contributed by atoms with van der Waals surface area (Å²) in [5, 5.41) is 22.1. The number of hydrogen-bond acceptors (Lipinski definition) is 13. The molecule has 5 aromatic rings. The summed E-state index contributed by atoms with van der Waals surface area (Å²) >= 11 is 0. The van der Waals surface area contributed by atoms with Gasteiger partial charge in [0.25, 0.3) is 5.91 Å². The van der Waals surface area contributed by atoms with Crippen molar-refractivity contribution in [2.45, 2.75) is 51.2 Å². The molecule has 3 aliphatic rings. The third-order valence-electron chi connectivity index (χ3n) is 12.0. The molecule has 1 atom stereocenters. The van der Waals surface area contributed by atoms with Crippen molar-refractivity contribution in [3.05, 3.63) is 101 Å². The van der Waals surface area contributed by atoms with Crippen LogP contribution >= 0.6 is 0 Å². The maximum atomic E-state index is 13.5. The number of nitrogens with zero attached hydrogens (tertiary/aromatic N) is 8. The van der Waals surface area contributed by atoms with Crippen molar-refractivity contribution in [2.24, 2.45) is 13.0 Å². The number of imide groups is 1. The summed E-state index contributed by atoms with van der Waals surface area (Å²) in [5.74, 6) is 0.453. The number of hydrogen-bond donors (Lipinski definition) is 5. The number of benzene rings is 2. The van der Waals surface area contributed by atoms with Crippen LogP contribution in [0.15, 0.2) is 84.3 Å². The van der Waals surface area contributed by atoms with Gasteiger partial charge in [-0.2, -0.15) is 4.98 Å². The normalized spacial score (nSPS) is 17.8. The van der Waals surface area contributed by atoms with E-state index in [4.69, 9.17) is 0 Å². The monoisotopic (exact) mass is 842 g/mol. The first-order valence-corrected chi connectivity index (χ1v) is 21.2. The van der Waals surface area contributed by atoms with Crippen LogP contribution in [0.5, 0.6) is 0 Å². The fourth-order valence-electron chi connectivity index (χ4n) is 8.63. The summed E-state index contributed by atoms with van der Waals surface area (Å²) in [4.78, 5) is 71.9. The van der Waals surface area contributed by atoms with Crippen LogP contribution in [0, 0.1) is 5.92 Å². The number of aryl methyl sites for hydroxylation is 1. The number of amides is 3. The minimum absolute atomic E-state index is 0.212. The van der Waals surface area contributed by atoms with E-state index in [0.29, 0.717) is 35.3 Å². The second kappa shape index (κ2) is 17.8. The van der Waals surface area contributed by atoms with E-state index in [1.807, 2.05) is 24.3 Å². The molecule has 0 bridgehead atoms. The number of pyridine rings is 1. The van der Waals surface area contributed by atoms with Crippen LogP contribution < -0.4 is 36.8 Å². The lowest BCUT2D eigenvalue weighted by Crippen LogP contribution is -2.49. The zero-order valence-electron chi connectivity index (χ0n) is 35.4. The summed E-state index contributed by atoms with van der Waals surface area (Å²) in [6.07, 6.45) is 5.67. The molecule has 6 heterocycles. The Labute approximate surface area is 359 Å². The molecule has 0 spiro atoms. The van der Waals surface area contributed by atoms with E-state index in [2.05, 4.69) is 75.7 Å². The Morgan fingerprint density at radius 2 is 1.66 bits per heavy atom. The van der Waals surface area contributed by atoms with E-state index < -0.39 is 17.6 Å². The summed E-state index contributed by atoms with van der Waals surface area (Å²) in [6, 6.07) is 18.6. The van der Waals surface area contributed by atoms with Crippen LogP contribution in [-0.2, 0) is 22.2 Å². The smallest absolute Gasteiger partial charge is 0.329 e. The molecular formula is C45H54N12O5. The molecule has 1 unspecified atom stereocenters. The largest absolute Gasteiger partial charge is 0.384 e. The molecule has 0 radical (unpaired) electrons. The van der Waals surface area contributed by atoms with Crippen LogP contribution in [0.4, 0.5) is 34.6 Å². The number of para-hydroxylation sites is 1. The highest BCUT2D eigenvalue weighted by Crippen LogP contribution is 2.33. The van der Waals surface area contributed by atoms with Gasteiger partial charge in [-0.15, -0.1) is 6.58 Å². The molecule has 3 amide bonds. The molecule has 17 heteroatoms. The fourth-order valence-corrected chi connectivity index (χ4v) is 8.63. The van der Waals surface area contributed by atoms with E-state index >= 15 is 0 Å². The lowest BCUT2D eigenvalue weighted by molar-refractivity contribution is -0.135. The second-order valence-corrected chi connectivity index (χ2v) is 16.8. The van der Waals surface area contributed by atoms with Crippen molar-refractivity contribution in [1.82, 2.24) is 39.6 Å². The number of aliphatic hydroxyl groups is 1. The zero-order valence-corrected chi connectivity index (χ0v) is 35.4. The Hall–Kier alpha value is -6.59. The highest BCUT2D eigenvalue weighted by molar-refractivity contribution is 6.01. The van der Waals surface area contributed by atoms with E-state index in [1.165, 1.54) is 6.20 Å². The number of aromatic nitrogens is 5. The van der Waals surface area contributed by atoms with Gasteiger partial charge in [-0.1, -0.05) is 18.2 Å². The van der Waals surface area contributed by atoms with Crippen molar-refractivity contribution in [1.29, 1.82) is 0 Å². The number of fused-ring (bicyclic) bond motifs is 1. The molecule has 5 N–H and O–H groups in total. The maximum Gasteiger partial charge on any atom is 0.329 e. The number of carbonyl (C=O) groups is 3. The predicted octanol–water partition coefficient (Wildman–Crippen LogP) is 4.17. The summed E-state index contributed by atoms with van der Waals surface area (Å²) in [6.45, 7) is 13.9. The minimum Gasteiger partial charge on any atom is -0.384 e. The number of imidazole rings is 1. The molecule has 3 saturated heterocycles. The molecule has 3 aliphatic heterocycles. The number of anilines is 6. The molecule has 324 valence electrons. The Morgan fingerprint density at radius 3 is 2.37 bits per heavy atom. The van der Waals surface area contributed by atoms with E-state index in [1.54, 1.807) is 54.3 Å². The average molecular weight is 843 g/mol. The Bertz CT molecular complexity index is 2530. The van der Waals surface area contributed by atoms with Crippen LogP contribution in [0.25, 0.3) is 11.0 Å². The number of carbonyl (C=O) groups excluding carboxylic acids is 3. The van der Waals surface area contributed by atoms with Gasteiger partial charge in [-0.25, -0.2) is 14.8 Å². The van der Waals surface area contributed by atoms with E-state index in [0.717, 1.165) is 81.2 Å². The lowest BCUT2D eigenvalue weighted by Gasteiger charge is -2.40. The van der Waals surface area contributed by atoms with Gasteiger partial charge >= 0.3 is 5.69 Å². The summed E-state index contributed by atoms with van der Waals surface area (Å²) in [7, 11) is 1.76. The SMILES string of the molecule is C=CCNC(=O)c1cnc(Nc2ccc(N3CCN(CC4CCN(c5cccc6c5n(C)c(=O)n6C5CCC(=O)NC5=O)CC4)CC3)cc2)nc1Nc1cccc(C(C)(C)O)n1. The average Bonchev–Trinajstić information content (AvgIpc) is 3.52. The topological polar surface area (TPSA) is 195 Å². The highest BCUT2D eigenvalue weighted by Gasteiger charge is 2.33. The number of nitrogens with one attached hydrogen (secondary N) is 4. The van der Waals surface area contributed by atoms with Crippen molar-refractivity contribution < 1.29 is 19.5 Å². The van der Waals surface area contributed by atoms with Gasteiger partial charge in [0.15, 0.2) is 0 Å². The van der Waals surface area contributed by atoms with Crippen molar-refractivity contribution in [3.63, 3.8) is 0 Å². The first-order chi connectivity index (χ1) is 29.9. The Balaban J connectivity index is 0.852. The quantitative estimate of drug-likeness (QED) is 0.0839. The fraction of sp³-hybridized carbons (Fsp3) is 0.400. The molecule has 17 nitrogen and oxygen atoms in total. The number of rotatable bonds is 13. The summed E-state index contributed by atoms with van der Waals surface area (Å²) in [5.41, 5.74) is 3.76. The third kappa shape index (κ3) is 9.04. The van der Waals surface area contributed by atoms with Gasteiger partial charge < -0.3 is 30.9 Å². The van der Waals surface area contributed by atoms with Gasteiger partial charge in [-0.05, 0) is 87.6 Å². The molecule has 3 aromatic heterocycles. The number of piperidine rings is 2. The first-order valence-electron chi connectivity index (χ1n) is 21.2. The van der Waals surface area contributed by atoms with Crippen molar-refractivity contribution in [3.8, 4) is 0 Å². The lowest BCUT2D eigenvalue weighted by atomic mass is 9.95. The van der Waals surface area contributed by atoms with Crippen molar-refractivity contribution in [2.75, 3.05) is 72.8 Å². The molecular weight excluding hydrogens is 789 g/mol. The van der Waals surface area contributed by atoms with Crippen molar-refractivity contribution >= 4 is 63.4 Å². The molecule has 8 rings (SSSR count). The standard InChI is InChI=1S/C45H54N12O5/c1-5-20-46-41(59)32-27-47-43(52-40(32)50-37-11-7-10-36(49-37)45(2,3)62)48-30-12-14-31(15-13-30)55-25-23-54(24-26-55)28-29-18-21-56(22-19-29)33-8-6-9-34-39(33)53(4)44(61)57(34)35-16-17-38(58)51-42(35)60/h5-15,27,29,35,62H,1,16-26,28H2,2-4H3,(H,46,59)(H,51,58,60)(H2,47,48,49,50,52). The van der Waals surface area contributed by atoms with Crippen LogP contribution in [0.2, 0.25) is 0 Å². The van der Waals surface area contributed by atoms with Gasteiger partial charge in [0, 0.05) is 83.4 Å². The highest BCUT2D eigenvalue weighted by atomic mass is 16.3. The molecule has 62 heavy (non-hydrogen) atoms. The Morgan fingerprint density at radius 1 is 0.919 bits per heavy atom. The van der Waals surface area contributed by atoms with Crippen LogP contribution in [0.3, 0.4) is 0 Å². The third-order valence-corrected chi connectivity index (χ3v) is 12.0. The predicted molar refractivity (Wildman–Crippen MR) is 239 cm³/mol. The Kier molecular flexibility index (Phi) is 12.1. The van der Waals surface area contributed by atoms with Gasteiger partial charge in [-0.3, -0.25) is 33.7 Å². The van der Waals surface area contributed by atoms with E-state index in [-0.39, 0.29) is 41.9 Å². The minimum atomic E-state index is -1.15. The van der Waals surface area contributed by atoms with E-state index in [9.17, 15) is 24.3 Å². The molecule has 2 aromatic carbocycles. The number of piperazine rings is 1. The van der Waals surface area contributed by atoms with Crippen LogP contribution in [-0.4, -0.2) is 104 Å². The summed E-state index contributed by atoms with van der Waals surface area (Å²) < 4.78 is 3.19. The maximum absolute atomic E-state index is 13.5. The van der Waals surface area contributed by atoms with Gasteiger partial charge in [0.1, 0.15) is 28.8 Å². The second-order valence-electron chi connectivity index (χ2n) is 16.8. The zero-order chi connectivity index (χ0) is 43.5. The van der Waals surface area contributed by atoms with Gasteiger partial charge in [0.05, 0.1) is 22.4 Å². The van der Waals surface area contributed by atoms with Gasteiger partial charge in [0.2, 0.25) is 17.8 Å². The molecule has 0 saturated carbocycles. The van der Waals surface area contributed by atoms with Crippen LogP contribution in [0.1, 0.15) is 61.6 Å². The first kappa shape index (κ1) is 42.1.